The molecule has 0 saturated carbocycles. The second kappa shape index (κ2) is 12.7. The van der Waals surface area contributed by atoms with Crippen molar-refractivity contribution < 1.29 is 24.4 Å². The summed E-state index contributed by atoms with van der Waals surface area (Å²) in [7, 11) is 5.66. The van der Waals surface area contributed by atoms with Crippen LogP contribution in [0.1, 0.15) is 30.0 Å². The van der Waals surface area contributed by atoms with Gasteiger partial charge in [-0.15, -0.1) is 0 Å². The molecule has 1 saturated heterocycles. The van der Waals surface area contributed by atoms with Crippen molar-refractivity contribution in [3.63, 3.8) is 0 Å². The van der Waals surface area contributed by atoms with Crippen LogP contribution in [0.5, 0.6) is 11.5 Å². The van der Waals surface area contributed by atoms with Crippen LogP contribution in [0.4, 0.5) is 0 Å². The highest BCUT2D eigenvalue weighted by Crippen LogP contribution is 2.39. The second-order valence-electron chi connectivity index (χ2n) is 10.9. The quantitative estimate of drug-likeness (QED) is 0.290. The number of para-hydroxylation sites is 1. The van der Waals surface area contributed by atoms with Gasteiger partial charge in [0, 0.05) is 22.7 Å². The van der Waals surface area contributed by atoms with E-state index in [1.54, 1.807) is 19.1 Å². The Hall–Kier alpha value is -3.58. The lowest BCUT2D eigenvalue weighted by atomic mass is 9.88. The molecular formula is C34H43N3O3+2. The number of methoxy groups -OCH3 is 2. The van der Waals surface area contributed by atoms with Crippen molar-refractivity contribution in [3.05, 3.63) is 95.7 Å². The summed E-state index contributed by atoms with van der Waals surface area (Å²) in [6.07, 6.45) is 2.70. The first-order valence-electron chi connectivity index (χ1n) is 14.4. The summed E-state index contributed by atoms with van der Waals surface area (Å²) < 4.78 is 13.3. The minimum absolute atomic E-state index is 0.398. The summed E-state index contributed by atoms with van der Waals surface area (Å²) in [6, 6.07) is 25.2. The molecule has 210 valence electrons. The summed E-state index contributed by atoms with van der Waals surface area (Å²) in [5.74, 6) is 1.67. The fraction of sp³-hybridized carbons (Fsp3) is 0.353. The average Bonchev–Trinajstić information content (AvgIpc) is 3.34. The van der Waals surface area contributed by atoms with Crippen LogP contribution < -0.4 is 19.3 Å². The lowest BCUT2D eigenvalue weighted by molar-refractivity contribution is -1.00. The highest BCUT2D eigenvalue weighted by Gasteiger charge is 2.24. The Balaban J connectivity index is 1.59. The van der Waals surface area contributed by atoms with Gasteiger partial charge in [0.15, 0.2) is 0 Å². The van der Waals surface area contributed by atoms with Gasteiger partial charge in [-0.1, -0.05) is 49.4 Å². The number of ether oxygens (including phenoxy) is 2. The molecule has 0 amide bonds. The molecule has 3 aromatic carbocycles. The number of quaternary nitrogens is 2. The van der Waals surface area contributed by atoms with Crippen molar-refractivity contribution in [2.75, 3.05) is 54.0 Å². The molecule has 5 rings (SSSR count). The third-order valence-corrected chi connectivity index (χ3v) is 8.25. The average molecular weight is 542 g/mol. The zero-order chi connectivity index (χ0) is 28.1. The maximum atomic E-state index is 11.2. The first-order valence-corrected chi connectivity index (χ1v) is 14.4. The van der Waals surface area contributed by atoms with Gasteiger partial charge in [-0.3, -0.25) is 0 Å². The van der Waals surface area contributed by atoms with E-state index in [1.807, 2.05) is 24.3 Å². The predicted octanol–water partition coefficient (Wildman–Crippen LogP) is 2.80. The van der Waals surface area contributed by atoms with Crippen molar-refractivity contribution in [2.24, 2.45) is 0 Å². The highest BCUT2D eigenvalue weighted by molar-refractivity contribution is 6.05. The number of aliphatic hydroxyl groups excluding tert-OH is 1. The van der Waals surface area contributed by atoms with Gasteiger partial charge in [0.25, 0.3) is 0 Å². The van der Waals surface area contributed by atoms with E-state index in [2.05, 4.69) is 73.3 Å². The largest absolute Gasteiger partial charge is 0.497 e. The first kappa shape index (κ1) is 28.0. The number of aromatic nitrogens is 1. The molecular weight excluding hydrogens is 498 g/mol. The van der Waals surface area contributed by atoms with E-state index in [-0.39, 0.29) is 0 Å². The van der Waals surface area contributed by atoms with Crippen molar-refractivity contribution in [2.45, 2.75) is 26.0 Å². The third-order valence-electron chi connectivity index (χ3n) is 8.25. The molecule has 0 spiro atoms. The van der Waals surface area contributed by atoms with Gasteiger partial charge < -0.3 is 28.9 Å². The number of fused-ring (bicyclic) bond motifs is 1. The Morgan fingerprint density at radius 2 is 1.60 bits per heavy atom. The number of nitrogens with zero attached hydrogens (tertiary/aromatic N) is 1. The molecule has 2 heterocycles. The number of rotatable bonds is 10. The molecule has 1 aliphatic rings. The molecule has 6 heteroatoms. The van der Waals surface area contributed by atoms with Gasteiger partial charge in [0.05, 0.1) is 27.8 Å². The number of hydrogen-bond acceptors (Lipinski definition) is 3. The Kier molecular flexibility index (Phi) is 8.90. The summed E-state index contributed by atoms with van der Waals surface area (Å²) in [5, 5.41) is 12.4. The highest BCUT2D eigenvalue weighted by atomic mass is 16.5. The first-order chi connectivity index (χ1) is 19.5. The predicted molar refractivity (Wildman–Crippen MR) is 162 cm³/mol. The van der Waals surface area contributed by atoms with Crippen LogP contribution in [0.2, 0.25) is 0 Å². The number of hydrogen-bond donors (Lipinski definition) is 3. The van der Waals surface area contributed by atoms with Crippen molar-refractivity contribution in [1.29, 1.82) is 0 Å². The number of benzene rings is 3. The number of likely N-dealkylation sites (N-methyl/N-ethyl adjacent to an activating group) is 1. The van der Waals surface area contributed by atoms with Gasteiger partial charge in [-0.25, -0.2) is 0 Å². The van der Waals surface area contributed by atoms with Crippen LogP contribution in [0.25, 0.3) is 22.0 Å². The molecule has 40 heavy (non-hydrogen) atoms. The Morgan fingerprint density at radius 1 is 0.875 bits per heavy atom. The second-order valence-corrected chi connectivity index (χ2v) is 10.9. The molecule has 1 unspecified atom stereocenters. The number of piperazine rings is 1. The Bertz CT molecular complexity index is 1450. The SMILES string of the molecule is CCC(=C(c1ccc(OC)cc1)c1cccc(OC)c1)c1cn(CC(O)C[NH+]2CC[NH+](C)CC2)c2ccccc12. The third kappa shape index (κ3) is 6.09. The number of allylic oxidation sites excluding steroid dienone is 1. The van der Waals surface area contributed by atoms with E-state index in [9.17, 15) is 5.11 Å². The fourth-order valence-corrected chi connectivity index (χ4v) is 6.05. The van der Waals surface area contributed by atoms with E-state index in [0.717, 1.165) is 54.2 Å². The van der Waals surface area contributed by atoms with Crippen LogP contribution in [-0.2, 0) is 6.54 Å². The minimum atomic E-state index is -0.398. The van der Waals surface area contributed by atoms with Crippen LogP contribution in [0, 0.1) is 0 Å². The van der Waals surface area contributed by atoms with Gasteiger partial charge in [-0.05, 0) is 59.0 Å². The zero-order valence-corrected chi connectivity index (χ0v) is 24.2. The van der Waals surface area contributed by atoms with Gasteiger partial charge >= 0.3 is 0 Å². The minimum Gasteiger partial charge on any atom is -0.497 e. The van der Waals surface area contributed by atoms with E-state index in [0.29, 0.717) is 6.54 Å². The van der Waals surface area contributed by atoms with Gasteiger partial charge in [0.2, 0.25) is 0 Å². The topological polar surface area (TPSA) is 52.5 Å². The fourth-order valence-electron chi connectivity index (χ4n) is 6.05. The standard InChI is InChI=1S/C34H41N3O3/c1-5-30(34(25-13-15-28(39-3)16-14-25)26-9-8-10-29(21-26)40-4)32-24-37(33-12-7-6-11-31(32)33)23-27(38)22-36-19-17-35(2)18-20-36/h6-16,21,24,27,38H,5,17-20,22-23H2,1-4H3/p+2. The van der Waals surface area contributed by atoms with Crippen LogP contribution >= 0.6 is 0 Å². The van der Waals surface area contributed by atoms with Crippen LogP contribution in [0.3, 0.4) is 0 Å². The maximum Gasteiger partial charge on any atom is 0.127 e. The molecule has 3 N–H and O–H groups in total. The Labute approximate surface area is 238 Å². The summed E-state index contributed by atoms with van der Waals surface area (Å²) in [5.41, 5.74) is 7.03. The monoisotopic (exact) mass is 541 g/mol. The van der Waals surface area contributed by atoms with Crippen molar-refractivity contribution >= 4 is 22.0 Å². The van der Waals surface area contributed by atoms with E-state index < -0.39 is 6.10 Å². The lowest BCUT2D eigenvalue weighted by Gasteiger charge is -2.28. The van der Waals surface area contributed by atoms with E-state index in [4.69, 9.17) is 9.47 Å². The summed E-state index contributed by atoms with van der Waals surface area (Å²) >= 11 is 0. The van der Waals surface area contributed by atoms with Crippen molar-refractivity contribution in [3.8, 4) is 11.5 Å². The lowest BCUT2D eigenvalue weighted by Crippen LogP contribution is -3.27. The molecule has 1 aromatic heterocycles. The molecule has 4 aromatic rings. The molecule has 1 aliphatic heterocycles. The molecule has 0 bridgehead atoms. The summed E-state index contributed by atoms with van der Waals surface area (Å²) in [4.78, 5) is 3.09. The molecule has 6 nitrogen and oxygen atoms in total. The van der Waals surface area contributed by atoms with Crippen LogP contribution in [-0.4, -0.2) is 69.8 Å². The van der Waals surface area contributed by atoms with Gasteiger partial charge in [-0.2, -0.15) is 0 Å². The Morgan fingerprint density at radius 3 is 2.30 bits per heavy atom. The number of aliphatic hydroxyl groups is 1. The smallest absolute Gasteiger partial charge is 0.127 e. The molecule has 1 fully saturated rings. The van der Waals surface area contributed by atoms with E-state index in [1.165, 1.54) is 40.1 Å². The van der Waals surface area contributed by atoms with Gasteiger partial charge in [0.1, 0.15) is 50.3 Å². The molecule has 1 atom stereocenters. The van der Waals surface area contributed by atoms with E-state index >= 15 is 0 Å². The normalized spacial score (nSPS) is 18.8. The zero-order valence-electron chi connectivity index (χ0n) is 24.2. The molecule has 0 radical (unpaired) electrons. The number of nitrogens with one attached hydrogen (secondary N) is 2. The molecule has 0 aliphatic carbocycles. The summed E-state index contributed by atoms with van der Waals surface area (Å²) in [6.45, 7) is 8.17. The van der Waals surface area contributed by atoms with Crippen molar-refractivity contribution in [1.82, 2.24) is 4.57 Å². The van der Waals surface area contributed by atoms with Crippen LogP contribution in [0.15, 0.2) is 79.0 Å². The maximum absolute atomic E-state index is 11.2.